The summed E-state index contributed by atoms with van der Waals surface area (Å²) in [7, 11) is 9.22. The summed E-state index contributed by atoms with van der Waals surface area (Å²) in [4.78, 5) is 0. The zero-order valence-electron chi connectivity index (χ0n) is 1.57. The molecule has 4 heteroatoms. The summed E-state index contributed by atoms with van der Waals surface area (Å²) < 4.78 is 9.18. The van der Waals surface area contributed by atoms with Crippen LogP contribution in [0.15, 0.2) is 0 Å². The maximum absolute atomic E-state index is 9.18. The van der Waals surface area contributed by atoms with Gasteiger partial charge in [-0.1, -0.05) is 0 Å². The van der Waals surface area contributed by atoms with Gasteiger partial charge in [0.1, 0.15) is 0 Å². The van der Waals surface area contributed by atoms with Gasteiger partial charge in [-0.3, -0.25) is 0 Å². The van der Waals surface area contributed by atoms with E-state index in [1.807, 2.05) is 0 Å². The van der Waals surface area contributed by atoms with Gasteiger partial charge in [0.15, 0.2) is 0 Å². The zero-order valence-corrected chi connectivity index (χ0v) is 4.36. The Labute approximate surface area is 36.5 Å². The van der Waals surface area contributed by atoms with Crippen LogP contribution < -0.4 is 0 Å². The quantitative estimate of drug-likeness (QED) is 0.493. The van der Waals surface area contributed by atoms with Crippen molar-refractivity contribution in [1.82, 2.24) is 0 Å². The molecule has 0 aliphatic rings. The topological polar surface area (TPSA) is 17.1 Å². The third kappa shape index (κ3) is 12.8. The Hall–Kier alpha value is 0.912. The summed E-state index contributed by atoms with van der Waals surface area (Å²) >= 11 is -2.35. The summed E-state index contributed by atoms with van der Waals surface area (Å²) in [5.74, 6) is 0. The number of halogens is 2. The molecule has 0 spiro atoms. The molecule has 0 saturated heterocycles. The molecular formula is Cl2CrO. The van der Waals surface area contributed by atoms with Gasteiger partial charge in [0.2, 0.25) is 0 Å². The molecule has 0 amide bonds. The Bertz CT molecular complexity index is 29.0. The van der Waals surface area contributed by atoms with Gasteiger partial charge >= 0.3 is 36.1 Å². The summed E-state index contributed by atoms with van der Waals surface area (Å²) in [6.07, 6.45) is 0. The maximum atomic E-state index is 9.18. The van der Waals surface area contributed by atoms with Gasteiger partial charge in [0.25, 0.3) is 0 Å². The van der Waals surface area contributed by atoms with Gasteiger partial charge in [-0.05, 0) is 0 Å². The van der Waals surface area contributed by atoms with Crippen molar-refractivity contribution in [1.29, 1.82) is 0 Å². The molecule has 0 aliphatic heterocycles. The van der Waals surface area contributed by atoms with Crippen LogP contribution in [0.2, 0.25) is 0 Å². The first-order valence-electron chi connectivity index (χ1n) is 0.475. The van der Waals surface area contributed by atoms with Gasteiger partial charge in [0, 0.05) is 0 Å². The van der Waals surface area contributed by atoms with E-state index in [9.17, 15) is 3.80 Å². The molecule has 0 aromatic rings. The molecule has 0 unspecified atom stereocenters. The van der Waals surface area contributed by atoms with E-state index in [2.05, 4.69) is 20.1 Å². The van der Waals surface area contributed by atoms with E-state index < -0.39 is 12.2 Å². The number of hydrogen-bond acceptors (Lipinski definition) is 1. The van der Waals surface area contributed by atoms with Crippen molar-refractivity contribution < 1.29 is 16.0 Å². The Morgan fingerprint density at radius 2 is 1.50 bits per heavy atom. The monoisotopic (exact) mass is 138 g/mol. The van der Waals surface area contributed by atoms with Crippen molar-refractivity contribution in [3.05, 3.63) is 0 Å². The van der Waals surface area contributed by atoms with Crippen molar-refractivity contribution in [2.75, 3.05) is 0 Å². The molecule has 0 fully saturated rings. The third-order valence-corrected chi connectivity index (χ3v) is 0. The van der Waals surface area contributed by atoms with E-state index in [1.54, 1.807) is 0 Å². The molecular weight excluding hydrogens is 139 g/mol. The van der Waals surface area contributed by atoms with E-state index in [0.29, 0.717) is 0 Å². The van der Waals surface area contributed by atoms with E-state index in [-0.39, 0.29) is 0 Å². The van der Waals surface area contributed by atoms with Crippen LogP contribution in [0.3, 0.4) is 0 Å². The van der Waals surface area contributed by atoms with E-state index in [4.69, 9.17) is 0 Å². The fraction of sp³-hybridized carbons (Fsp3) is 0. The average molecular weight is 139 g/mol. The van der Waals surface area contributed by atoms with Crippen molar-refractivity contribution in [3.63, 3.8) is 0 Å². The molecule has 0 bridgehead atoms. The molecule has 0 rings (SSSR count). The molecule has 0 saturated carbocycles. The van der Waals surface area contributed by atoms with Gasteiger partial charge in [-0.25, -0.2) is 0 Å². The standard InChI is InChI=1S/2ClH.Cr.O/h2*1H;;/q;;+2;/p-2. The Morgan fingerprint density at radius 3 is 1.50 bits per heavy atom. The molecule has 1 nitrogen and oxygen atoms in total. The Morgan fingerprint density at radius 1 is 1.50 bits per heavy atom. The molecule has 0 aromatic heterocycles. The number of rotatable bonds is 0. The molecule has 0 atom stereocenters. The van der Waals surface area contributed by atoms with E-state index in [1.165, 1.54) is 0 Å². The number of hydrogen-bond donors (Lipinski definition) is 0. The van der Waals surface area contributed by atoms with Gasteiger partial charge in [0.05, 0.1) is 0 Å². The predicted octanol–water partition coefficient (Wildman–Crippen LogP) is 1.26. The second-order valence-corrected chi connectivity index (χ2v) is 3.72. The average Bonchev–Trinajstić information content (AvgIpc) is 0.811. The third-order valence-electron chi connectivity index (χ3n) is 0. The molecule has 26 valence electrons. The van der Waals surface area contributed by atoms with Gasteiger partial charge < -0.3 is 0 Å². The van der Waals surface area contributed by atoms with E-state index >= 15 is 0 Å². The first-order valence-corrected chi connectivity index (χ1v) is 4.50. The fourth-order valence-electron chi connectivity index (χ4n) is 0. The Balaban J connectivity index is 2.80. The minimum absolute atomic E-state index is 2.35. The summed E-state index contributed by atoms with van der Waals surface area (Å²) in [6.45, 7) is 0. The second kappa shape index (κ2) is 2.17. The van der Waals surface area contributed by atoms with Crippen LogP contribution >= 0.6 is 20.1 Å². The molecule has 0 aliphatic carbocycles. The van der Waals surface area contributed by atoms with Gasteiger partial charge in [-0.2, -0.15) is 0 Å². The molecule has 0 aromatic carbocycles. The molecule has 0 heterocycles. The van der Waals surface area contributed by atoms with Crippen LogP contribution in [-0.2, 0) is 16.0 Å². The van der Waals surface area contributed by atoms with Crippen molar-refractivity contribution in [2.24, 2.45) is 0 Å². The predicted molar refractivity (Wildman–Crippen MR) is 12.4 cm³/mol. The molecule has 4 heavy (non-hydrogen) atoms. The van der Waals surface area contributed by atoms with Crippen molar-refractivity contribution in [3.8, 4) is 0 Å². The summed E-state index contributed by atoms with van der Waals surface area (Å²) in [5.41, 5.74) is 0. The van der Waals surface area contributed by atoms with Crippen LogP contribution in [0, 0.1) is 0 Å². The van der Waals surface area contributed by atoms with Crippen LogP contribution in [0.25, 0.3) is 0 Å². The SMILES string of the molecule is [O]=[Cr]([Cl])[Cl]. The first kappa shape index (κ1) is 4.91. The van der Waals surface area contributed by atoms with Crippen LogP contribution in [0.4, 0.5) is 0 Å². The molecule has 0 N–H and O–H groups in total. The summed E-state index contributed by atoms with van der Waals surface area (Å²) in [5, 5.41) is 0. The van der Waals surface area contributed by atoms with E-state index in [0.717, 1.165) is 0 Å². The van der Waals surface area contributed by atoms with Crippen LogP contribution in [-0.4, -0.2) is 0 Å². The van der Waals surface area contributed by atoms with Crippen molar-refractivity contribution >= 4 is 20.1 Å². The summed E-state index contributed by atoms with van der Waals surface area (Å²) in [6, 6.07) is 0. The normalized spacial score (nSPS) is 8.75. The minimum atomic E-state index is -2.35. The van der Waals surface area contributed by atoms with Gasteiger partial charge in [-0.15, -0.1) is 0 Å². The van der Waals surface area contributed by atoms with Crippen molar-refractivity contribution in [2.45, 2.75) is 0 Å². The van der Waals surface area contributed by atoms with Crippen LogP contribution in [0.5, 0.6) is 0 Å². The zero-order chi connectivity index (χ0) is 3.58. The second-order valence-electron chi connectivity index (χ2n) is 0.184. The fourth-order valence-corrected chi connectivity index (χ4v) is 0. The Kier molecular flexibility index (Phi) is 2.66. The van der Waals surface area contributed by atoms with Crippen LogP contribution in [0.1, 0.15) is 0 Å². The first-order chi connectivity index (χ1) is 1.73. The molecule has 0 radical (unpaired) electrons.